The number of ketones is 1. The van der Waals surface area contributed by atoms with Crippen LogP contribution < -0.4 is 5.32 Å². The minimum Gasteiger partial charge on any atom is -0.326 e. The lowest BCUT2D eigenvalue weighted by Crippen LogP contribution is -2.36. The number of amides is 2. The molecule has 10 heteroatoms. The molecule has 1 saturated heterocycles. The Labute approximate surface area is 195 Å². The molecule has 3 rings (SSSR count). The van der Waals surface area contributed by atoms with Crippen LogP contribution in [-0.4, -0.2) is 44.4 Å². The molecule has 1 atom stereocenters. The number of aliphatic imine (C=N–C) groups is 1. The Hall–Kier alpha value is -3.53. The molecule has 1 aliphatic rings. The van der Waals surface area contributed by atoms with Gasteiger partial charge < -0.3 is 5.32 Å². The van der Waals surface area contributed by atoms with E-state index in [9.17, 15) is 24.5 Å². The van der Waals surface area contributed by atoms with Crippen LogP contribution in [0.15, 0.2) is 53.5 Å². The Morgan fingerprint density at radius 2 is 1.85 bits per heavy atom. The summed E-state index contributed by atoms with van der Waals surface area (Å²) in [5, 5.41) is 13.7. The highest BCUT2D eigenvalue weighted by Crippen LogP contribution is 2.35. The zero-order valence-corrected chi connectivity index (χ0v) is 19.3. The summed E-state index contributed by atoms with van der Waals surface area (Å²) in [5.74, 6) is -0.546. The van der Waals surface area contributed by atoms with E-state index >= 15 is 0 Å². The largest absolute Gasteiger partial charge is 0.326 e. The van der Waals surface area contributed by atoms with Gasteiger partial charge in [-0.2, -0.15) is 0 Å². The molecule has 1 heterocycles. The van der Waals surface area contributed by atoms with Gasteiger partial charge in [0.05, 0.1) is 4.92 Å². The van der Waals surface area contributed by atoms with E-state index in [0.29, 0.717) is 23.0 Å². The number of nitro groups is 1. The molecule has 2 aromatic rings. The summed E-state index contributed by atoms with van der Waals surface area (Å²) in [6.07, 6.45) is -0.0809. The Morgan fingerprint density at radius 1 is 1.18 bits per heavy atom. The van der Waals surface area contributed by atoms with Gasteiger partial charge in [0.1, 0.15) is 10.9 Å². The molecule has 0 radical (unpaired) electrons. The number of rotatable bonds is 8. The van der Waals surface area contributed by atoms with Gasteiger partial charge in [-0.3, -0.25) is 29.4 Å². The minimum absolute atomic E-state index is 0.0726. The minimum atomic E-state index is -0.693. The van der Waals surface area contributed by atoms with Crippen molar-refractivity contribution >= 4 is 51.6 Å². The number of nitro benzene ring substituents is 1. The van der Waals surface area contributed by atoms with Gasteiger partial charge in [0.2, 0.25) is 11.8 Å². The number of para-hydroxylation sites is 2. The number of Topliss-reactive ketones (excluding diaryl/α,β-unsaturated/α-hetero) is 1. The van der Waals surface area contributed by atoms with Crippen LogP contribution in [0.2, 0.25) is 0 Å². The molecule has 9 nitrogen and oxygen atoms in total. The van der Waals surface area contributed by atoms with Crippen molar-refractivity contribution in [2.75, 3.05) is 11.9 Å². The molecule has 0 aromatic heterocycles. The highest BCUT2D eigenvalue weighted by atomic mass is 32.2. The maximum Gasteiger partial charge on any atom is 0.294 e. The van der Waals surface area contributed by atoms with Gasteiger partial charge >= 0.3 is 0 Å². The second kappa shape index (κ2) is 10.4. The third-order valence-corrected chi connectivity index (χ3v) is 5.98. The predicted octanol–water partition coefficient (Wildman–Crippen LogP) is 4.41. The fraction of sp³-hybridized carbons (Fsp3) is 0.304. The molecule has 0 spiro atoms. The number of hydrogen-bond acceptors (Lipinski definition) is 7. The molecule has 2 amide bonds. The summed E-state index contributed by atoms with van der Waals surface area (Å²) in [7, 11) is 0. The van der Waals surface area contributed by atoms with Crippen molar-refractivity contribution < 1.29 is 19.3 Å². The average Bonchev–Trinajstić information content (AvgIpc) is 3.02. The smallest absolute Gasteiger partial charge is 0.294 e. The van der Waals surface area contributed by atoms with Gasteiger partial charge in [-0.25, -0.2) is 4.99 Å². The topological polar surface area (TPSA) is 122 Å². The van der Waals surface area contributed by atoms with Crippen LogP contribution in [0.4, 0.5) is 17.1 Å². The normalized spacial score (nSPS) is 17.0. The first kappa shape index (κ1) is 24.1. The van der Waals surface area contributed by atoms with Crippen LogP contribution in [0.25, 0.3) is 0 Å². The van der Waals surface area contributed by atoms with Crippen molar-refractivity contribution in [2.45, 2.75) is 32.4 Å². The molecule has 1 unspecified atom stereocenters. The van der Waals surface area contributed by atoms with Crippen LogP contribution in [0.5, 0.6) is 0 Å². The Kier molecular flexibility index (Phi) is 7.59. The molecule has 33 heavy (non-hydrogen) atoms. The Balaban J connectivity index is 1.78. The quantitative estimate of drug-likeness (QED) is 0.348. The molecule has 1 aliphatic heterocycles. The molecule has 0 aliphatic carbocycles. The number of nitrogens with one attached hydrogen (secondary N) is 1. The van der Waals surface area contributed by atoms with Crippen molar-refractivity contribution in [3.8, 4) is 0 Å². The van der Waals surface area contributed by atoms with Crippen LogP contribution in [-0.2, 0) is 9.59 Å². The van der Waals surface area contributed by atoms with Gasteiger partial charge in [0.15, 0.2) is 11.0 Å². The lowest BCUT2D eigenvalue weighted by Gasteiger charge is -2.18. The number of benzene rings is 2. The summed E-state index contributed by atoms with van der Waals surface area (Å²) in [6.45, 7) is 5.75. The monoisotopic (exact) mass is 468 g/mol. The summed E-state index contributed by atoms with van der Waals surface area (Å²) in [5.41, 5.74) is 1.06. The summed E-state index contributed by atoms with van der Waals surface area (Å²) >= 11 is 1.13. The Bertz CT molecular complexity index is 1110. The van der Waals surface area contributed by atoms with Crippen molar-refractivity contribution in [3.63, 3.8) is 0 Å². The van der Waals surface area contributed by atoms with Gasteiger partial charge in [-0.05, 0) is 43.2 Å². The number of thioether (sulfide) groups is 1. The highest BCUT2D eigenvalue weighted by Gasteiger charge is 2.39. The summed E-state index contributed by atoms with van der Waals surface area (Å²) in [6, 6.07) is 12.6. The lowest BCUT2D eigenvalue weighted by atomic mass is 10.1. The third-order valence-electron chi connectivity index (χ3n) is 4.81. The van der Waals surface area contributed by atoms with Crippen LogP contribution in [0.1, 0.15) is 37.6 Å². The lowest BCUT2D eigenvalue weighted by molar-refractivity contribution is -0.384. The maximum atomic E-state index is 13.0. The number of carbonyl (C=O) groups is 3. The summed E-state index contributed by atoms with van der Waals surface area (Å²) < 4.78 is 0. The molecule has 1 fully saturated rings. The number of hydrogen-bond donors (Lipinski definition) is 1. The SMILES string of the molecule is CC(=O)c1ccc(NC(=O)CC2SC(=Nc3ccccc3[N+](=O)[O-])N(CC(C)C)C2=O)cc1. The Morgan fingerprint density at radius 3 is 2.45 bits per heavy atom. The van der Waals surface area contributed by atoms with Gasteiger partial charge in [0.25, 0.3) is 5.69 Å². The summed E-state index contributed by atoms with van der Waals surface area (Å²) in [4.78, 5) is 53.7. The predicted molar refractivity (Wildman–Crippen MR) is 128 cm³/mol. The number of carbonyl (C=O) groups excluding carboxylic acids is 3. The van der Waals surface area contributed by atoms with Gasteiger partial charge in [0, 0.05) is 30.3 Å². The molecule has 0 bridgehead atoms. The van der Waals surface area contributed by atoms with E-state index in [2.05, 4.69) is 10.3 Å². The fourth-order valence-corrected chi connectivity index (χ4v) is 4.40. The van der Waals surface area contributed by atoms with Crippen LogP contribution in [0, 0.1) is 16.0 Å². The van der Waals surface area contributed by atoms with E-state index in [1.807, 2.05) is 13.8 Å². The first-order valence-corrected chi connectivity index (χ1v) is 11.2. The second-order valence-corrected chi connectivity index (χ2v) is 9.15. The number of anilines is 1. The van der Waals surface area contributed by atoms with Crippen molar-refractivity contribution in [1.29, 1.82) is 0 Å². The van der Waals surface area contributed by atoms with E-state index in [1.54, 1.807) is 36.4 Å². The van der Waals surface area contributed by atoms with Gasteiger partial charge in [-0.1, -0.05) is 37.7 Å². The third kappa shape index (κ3) is 6.04. The van der Waals surface area contributed by atoms with E-state index in [4.69, 9.17) is 0 Å². The molecule has 2 aromatic carbocycles. The van der Waals surface area contributed by atoms with E-state index in [0.717, 1.165) is 11.8 Å². The standard InChI is InChI=1S/C23H24N4O5S/c1-14(2)13-26-22(30)20(12-21(29)24-17-10-8-16(9-11-17)15(3)28)33-23(26)25-18-6-4-5-7-19(18)27(31)32/h4-11,14,20H,12-13H2,1-3H3,(H,24,29). The maximum absolute atomic E-state index is 13.0. The zero-order valence-electron chi connectivity index (χ0n) is 18.5. The molecular formula is C23H24N4O5S. The molecule has 0 saturated carbocycles. The number of amidine groups is 1. The average molecular weight is 469 g/mol. The van der Waals surface area contributed by atoms with Crippen LogP contribution >= 0.6 is 11.8 Å². The molecular weight excluding hydrogens is 444 g/mol. The second-order valence-electron chi connectivity index (χ2n) is 7.98. The van der Waals surface area contributed by atoms with E-state index in [-0.39, 0.29) is 41.3 Å². The van der Waals surface area contributed by atoms with Crippen molar-refractivity contribution in [3.05, 3.63) is 64.2 Å². The first-order valence-electron chi connectivity index (χ1n) is 10.4. The molecule has 1 N–H and O–H groups in total. The highest BCUT2D eigenvalue weighted by molar-refractivity contribution is 8.15. The molecule has 172 valence electrons. The van der Waals surface area contributed by atoms with Crippen molar-refractivity contribution in [2.24, 2.45) is 10.9 Å². The van der Waals surface area contributed by atoms with Crippen molar-refractivity contribution in [1.82, 2.24) is 4.90 Å². The van der Waals surface area contributed by atoms with Gasteiger partial charge in [-0.15, -0.1) is 0 Å². The van der Waals surface area contributed by atoms with Crippen LogP contribution in [0.3, 0.4) is 0 Å². The van der Waals surface area contributed by atoms with E-state index < -0.39 is 10.2 Å². The van der Waals surface area contributed by atoms with E-state index in [1.165, 1.54) is 24.0 Å². The zero-order chi connectivity index (χ0) is 24.1. The fourth-order valence-electron chi connectivity index (χ4n) is 3.24. The number of nitrogens with zero attached hydrogens (tertiary/aromatic N) is 3. The first-order chi connectivity index (χ1) is 15.7.